The van der Waals surface area contributed by atoms with Gasteiger partial charge in [0.1, 0.15) is 0 Å². The van der Waals surface area contributed by atoms with Gasteiger partial charge in [-0.05, 0) is 34.5 Å². The third kappa shape index (κ3) is 3.73. The van der Waals surface area contributed by atoms with E-state index in [2.05, 4.69) is 26.6 Å². The molecule has 0 aliphatic rings. The molecule has 0 saturated heterocycles. The Kier molecular flexibility index (Phi) is 5.59. The number of hydrogen-bond acceptors (Lipinski definition) is 3. The highest BCUT2D eigenvalue weighted by molar-refractivity contribution is 9.10. The third-order valence-corrected chi connectivity index (χ3v) is 5.16. The molecule has 0 aliphatic heterocycles. The number of carboxylic acid groups (broad SMARTS) is 1. The highest BCUT2D eigenvalue weighted by atomic mass is 79.9. The summed E-state index contributed by atoms with van der Waals surface area (Å²) in [5.41, 5.74) is -0.310. The van der Waals surface area contributed by atoms with Gasteiger partial charge in [0.05, 0.1) is 21.5 Å². The SMILES string of the molecule is C#CC(CC)NS(=O)(=O)c1cc(Br)c(Cl)c(C(=O)O)c1. The number of aromatic carboxylic acids is 1. The zero-order valence-electron chi connectivity index (χ0n) is 10.4. The van der Waals surface area contributed by atoms with E-state index in [0.717, 1.165) is 6.07 Å². The smallest absolute Gasteiger partial charge is 0.337 e. The van der Waals surface area contributed by atoms with E-state index in [-0.39, 0.29) is 20.0 Å². The van der Waals surface area contributed by atoms with E-state index in [4.69, 9.17) is 23.1 Å². The number of hydrogen-bond donors (Lipinski definition) is 2. The second kappa shape index (κ2) is 6.59. The Labute approximate surface area is 130 Å². The third-order valence-electron chi connectivity index (χ3n) is 2.45. The van der Waals surface area contributed by atoms with Gasteiger partial charge >= 0.3 is 5.97 Å². The van der Waals surface area contributed by atoms with Crippen molar-refractivity contribution in [2.75, 3.05) is 0 Å². The van der Waals surface area contributed by atoms with Gasteiger partial charge in [-0.2, -0.15) is 4.72 Å². The van der Waals surface area contributed by atoms with Gasteiger partial charge in [0, 0.05) is 4.47 Å². The molecule has 1 aromatic rings. The molecule has 1 unspecified atom stereocenters. The molecule has 0 heterocycles. The standard InChI is InChI=1S/C12H11BrClNO4S/c1-3-7(4-2)15-20(18,19)8-5-9(12(16)17)11(14)10(13)6-8/h1,5-7,15H,4H2,2H3,(H,16,17). The molecule has 0 aliphatic carbocycles. The highest BCUT2D eigenvalue weighted by Crippen LogP contribution is 2.30. The molecule has 1 rings (SSSR count). The van der Waals surface area contributed by atoms with Crippen LogP contribution >= 0.6 is 27.5 Å². The van der Waals surface area contributed by atoms with Crippen molar-refractivity contribution in [2.24, 2.45) is 0 Å². The Morgan fingerprint density at radius 3 is 2.65 bits per heavy atom. The molecular weight excluding hydrogens is 370 g/mol. The predicted molar refractivity (Wildman–Crippen MR) is 79.3 cm³/mol. The molecule has 0 amide bonds. The van der Waals surface area contributed by atoms with E-state index in [1.54, 1.807) is 6.92 Å². The number of benzene rings is 1. The number of sulfonamides is 1. The minimum absolute atomic E-state index is 0.0690. The zero-order valence-corrected chi connectivity index (χ0v) is 13.5. The van der Waals surface area contributed by atoms with Crippen LogP contribution in [0.15, 0.2) is 21.5 Å². The molecule has 0 saturated carbocycles. The van der Waals surface area contributed by atoms with E-state index in [9.17, 15) is 13.2 Å². The van der Waals surface area contributed by atoms with Crippen LogP contribution in [0.25, 0.3) is 0 Å². The first kappa shape index (κ1) is 17.0. The van der Waals surface area contributed by atoms with Crippen molar-refractivity contribution in [2.45, 2.75) is 24.3 Å². The van der Waals surface area contributed by atoms with Gasteiger partial charge in [0.25, 0.3) is 0 Å². The lowest BCUT2D eigenvalue weighted by molar-refractivity contribution is 0.0696. The van der Waals surface area contributed by atoms with Gasteiger partial charge in [-0.3, -0.25) is 0 Å². The first-order chi connectivity index (χ1) is 9.22. The summed E-state index contributed by atoms with van der Waals surface area (Å²) in [4.78, 5) is 10.8. The predicted octanol–water partition coefficient (Wildman–Crippen LogP) is 2.49. The summed E-state index contributed by atoms with van der Waals surface area (Å²) in [6, 6.07) is 1.55. The van der Waals surface area contributed by atoms with Gasteiger partial charge in [-0.15, -0.1) is 6.42 Å². The molecule has 0 radical (unpaired) electrons. The number of halogens is 2. The number of terminal acetylenes is 1. The van der Waals surface area contributed by atoms with Crippen molar-refractivity contribution in [3.8, 4) is 12.3 Å². The Morgan fingerprint density at radius 2 is 2.20 bits per heavy atom. The molecule has 8 heteroatoms. The van der Waals surface area contributed by atoms with Crippen molar-refractivity contribution in [3.05, 3.63) is 27.2 Å². The average Bonchev–Trinajstić information content (AvgIpc) is 2.38. The van der Waals surface area contributed by atoms with E-state index in [1.807, 2.05) is 0 Å². The summed E-state index contributed by atoms with van der Waals surface area (Å²) < 4.78 is 26.7. The number of rotatable bonds is 5. The summed E-state index contributed by atoms with van der Waals surface area (Å²) in [5.74, 6) is 0.974. The fourth-order valence-corrected chi connectivity index (χ4v) is 3.46. The summed E-state index contributed by atoms with van der Waals surface area (Å²) in [7, 11) is -3.92. The quantitative estimate of drug-likeness (QED) is 0.769. The van der Waals surface area contributed by atoms with Crippen LogP contribution in [0.1, 0.15) is 23.7 Å². The topological polar surface area (TPSA) is 83.5 Å². The van der Waals surface area contributed by atoms with Crippen LogP contribution in [0, 0.1) is 12.3 Å². The Hall–Kier alpha value is -1.07. The maximum Gasteiger partial charge on any atom is 0.337 e. The van der Waals surface area contributed by atoms with E-state index < -0.39 is 22.0 Å². The monoisotopic (exact) mass is 379 g/mol. The molecular formula is C12H11BrClNO4S. The summed E-state index contributed by atoms with van der Waals surface area (Å²) in [6.45, 7) is 1.73. The van der Waals surface area contributed by atoms with Crippen LogP contribution in [0.4, 0.5) is 0 Å². The Balaban J connectivity index is 3.34. The minimum atomic E-state index is -3.92. The minimum Gasteiger partial charge on any atom is -0.478 e. The first-order valence-electron chi connectivity index (χ1n) is 5.43. The number of nitrogens with one attached hydrogen (secondary N) is 1. The molecule has 20 heavy (non-hydrogen) atoms. The zero-order chi connectivity index (χ0) is 15.5. The van der Waals surface area contributed by atoms with E-state index in [1.165, 1.54) is 6.07 Å². The van der Waals surface area contributed by atoms with Gasteiger partial charge in [-0.25, -0.2) is 13.2 Å². The maximum atomic E-state index is 12.1. The van der Waals surface area contributed by atoms with E-state index >= 15 is 0 Å². The lowest BCUT2D eigenvalue weighted by Gasteiger charge is -2.13. The van der Waals surface area contributed by atoms with Crippen molar-refractivity contribution >= 4 is 43.5 Å². The van der Waals surface area contributed by atoms with Gasteiger partial charge in [0.2, 0.25) is 10.0 Å². The largest absolute Gasteiger partial charge is 0.478 e. The molecule has 1 aromatic carbocycles. The second-order valence-electron chi connectivity index (χ2n) is 3.82. The van der Waals surface area contributed by atoms with Crippen molar-refractivity contribution < 1.29 is 18.3 Å². The molecule has 0 fully saturated rings. The molecule has 0 aromatic heterocycles. The van der Waals surface area contributed by atoms with Gasteiger partial charge < -0.3 is 5.11 Å². The fraction of sp³-hybridized carbons (Fsp3) is 0.250. The number of carboxylic acids is 1. The Bertz CT molecular complexity index is 681. The average molecular weight is 381 g/mol. The Morgan fingerprint density at radius 1 is 1.60 bits per heavy atom. The maximum absolute atomic E-state index is 12.1. The van der Waals surface area contributed by atoms with Gasteiger partial charge in [-0.1, -0.05) is 24.4 Å². The molecule has 0 bridgehead atoms. The van der Waals surface area contributed by atoms with Crippen LogP contribution in [0.5, 0.6) is 0 Å². The van der Waals surface area contributed by atoms with E-state index in [0.29, 0.717) is 6.42 Å². The van der Waals surface area contributed by atoms with Crippen LogP contribution in [-0.2, 0) is 10.0 Å². The lowest BCUT2D eigenvalue weighted by atomic mass is 10.2. The summed E-state index contributed by atoms with van der Waals surface area (Å²) in [6.07, 6.45) is 5.61. The molecule has 108 valence electrons. The highest BCUT2D eigenvalue weighted by Gasteiger charge is 2.22. The van der Waals surface area contributed by atoms with Crippen LogP contribution in [0.3, 0.4) is 0 Å². The van der Waals surface area contributed by atoms with Crippen LogP contribution in [0.2, 0.25) is 5.02 Å². The normalized spacial score (nSPS) is 12.7. The van der Waals surface area contributed by atoms with Gasteiger partial charge in [0.15, 0.2) is 0 Å². The molecule has 1 atom stereocenters. The second-order valence-corrected chi connectivity index (χ2v) is 6.77. The fourth-order valence-electron chi connectivity index (χ4n) is 1.37. The molecule has 2 N–H and O–H groups in total. The van der Waals surface area contributed by atoms with Crippen molar-refractivity contribution in [1.82, 2.24) is 4.72 Å². The van der Waals surface area contributed by atoms with Crippen molar-refractivity contribution in [3.63, 3.8) is 0 Å². The first-order valence-corrected chi connectivity index (χ1v) is 8.09. The molecule has 5 nitrogen and oxygen atoms in total. The number of carbonyl (C=O) groups is 1. The molecule has 0 spiro atoms. The summed E-state index contributed by atoms with van der Waals surface area (Å²) in [5, 5.41) is 8.93. The van der Waals surface area contributed by atoms with Crippen LogP contribution < -0.4 is 4.72 Å². The van der Waals surface area contributed by atoms with Crippen molar-refractivity contribution in [1.29, 1.82) is 0 Å². The van der Waals surface area contributed by atoms with Crippen LogP contribution in [-0.4, -0.2) is 25.5 Å². The summed E-state index contributed by atoms with van der Waals surface area (Å²) >= 11 is 8.83. The lowest BCUT2D eigenvalue weighted by Crippen LogP contribution is -2.33.